The Bertz CT molecular complexity index is 922. The van der Waals surface area contributed by atoms with Crippen LogP contribution in [0, 0.1) is 12.7 Å². The van der Waals surface area contributed by atoms with Gasteiger partial charge in [0.05, 0.1) is 7.11 Å². The summed E-state index contributed by atoms with van der Waals surface area (Å²) in [6.45, 7) is 1.77. The molecule has 0 aliphatic heterocycles. The summed E-state index contributed by atoms with van der Waals surface area (Å²) in [5.74, 6) is -0.858. The molecular formula is C19H15FO4. The van der Waals surface area contributed by atoms with Crippen molar-refractivity contribution in [2.45, 2.75) is 13.3 Å². The summed E-state index contributed by atoms with van der Waals surface area (Å²) >= 11 is 0. The number of hydrogen-bond donors (Lipinski definition) is 0. The van der Waals surface area contributed by atoms with Crippen LogP contribution in [-0.4, -0.2) is 18.9 Å². The van der Waals surface area contributed by atoms with E-state index in [1.54, 1.807) is 19.1 Å². The maximum atomic E-state index is 12.9. The van der Waals surface area contributed by atoms with Gasteiger partial charge in [-0.25, -0.2) is 9.18 Å². The van der Waals surface area contributed by atoms with Crippen molar-refractivity contribution in [2.75, 3.05) is 7.11 Å². The molecule has 1 heterocycles. The summed E-state index contributed by atoms with van der Waals surface area (Å²) in [5, 5.41) is 0.764. The van der Waals surface area contributed by atoms with E-state index in [9.17, 15) is 14.0 Å². The first-order valence-corrected chi connectivity index (χ1v) is 7.38. The van der Waals surface area contributed by atoms with E-state index in [4.69, 9.17) is 9.15 Å². The number of aryl methyl sites for hydroxylation is 1. The molecule has 122 valence electrons. The lowest BCUT2D eigenvalue weighted by Gasteiger charge is -2.02. The summed E-state index contributed by atoms with van der Waals surface area (Å²) in [5.41, 5.74) is 2.48. The SMILES string of the molecule is COC(=O)c1oc2ccc(CC(=O)c3ccc(F)cc3)cc2c1C. The topological polar surface area (TPSA) is 56.5 Å². The average Bonchev–Trinajstić information content (AvgIpc) is 2.91. The van der Waals surface area contributed by atoms with Gasteiger partial charge in [-0.05, 0) is 48.9 Å². The zero-order valence-corrected chi connectivity index (χ0v) is 13.3. The van der Waals surface area contributed by atoms with Gasteiger partial charge in [-0.2, -0.15) is 0 Å². The van der Waals surface area contributed by atoms with E-state index in [-0.39, 0.29) is 23.8 Å². The summed E-state index contributed by atoms with van der Waals surface area (Å²) in [6, 6.07) is 10.8. The summed E-state index contributed by atoms with van der Waals surface area (Å²) in [7, 11) is 1.29. The molecule has 24 heavy (non-hydrogen) atoms. The molecule has 0 bridgehead atoms. The van der Waals surface area contributed by atoms with Gasteiger partial charge in [-0.1, -0.05) is 6.07 Å². The van der Waals surface area contributed by atoms with Crippen molar-refractivity contribution in [1.29, 1.82) is 0 Å². The lowest BCUT2D eigenvalue weighted by Crippen LogP contribution is -2.03. The minimum Gasteiger partial charge on any atom is -0.463 e. The maximum absolute atomic E-state index is 12.9. The molecule has 0 aliphatic rings. The third-order valence-corrected chi connectivity index (χ3v) is 3.90. The minimum absolute atomic E-state index is 0.108. The number of carbonyl (C=O) groups excluding carboxylic acids is 2. The van der Waals surface area contributed by atoms with Crippen molar-refractivity contribution < 1.29 is 23.1 Å². The van der Waals surface area contributed by atoms with Crippen LogP contribution < -0.4 is 0 Å². The highest BCUT2D eigenvalue weighted by Crippen LogP contribution is 2.27. The number of benzene rings is 2. The number of ketones is 1. The lowest BCUT2D eigenvalue weighted by molar-refractivity contribution is 0.0566. The molecule has 4 nitrogen and oxygen atoms in total. The Balaban J connectivity index is 1.90. The van der Waals surface area contributed by atoms with E-state index in [2.05, 4.69) is 0 Å². The molecule has 3 rings (SSSR count). The van der Waals surface area contributed by atoms with Gasteiger partial charge in [-0.15, -0.1) is 0 Å². The smallest absolute Gasteiger partial charge is 0.374 e. The summed E-state index contributed by atoms with van der Waals surface area (Å²) < 4.78 is 23.1. The molecular weight excluding hydrogens is 311 g/mol. The van der Waals surface area contributed by atoms with E-state index >= 15 is 0 Å². The second kappa shape index (κ2) is 6.28. The van der Waals surface area contributed by atoms with Crippen molar-refractivity contribution in [3.63, 3.8) is 0 Å². The molecule has 1 aromatic heterocycles. The second-order valence-electron chi connectivity index (χ2n) is 5.49. The predicted molar refractivity (Wildman–Crippen MR) is 86.7 cm³/mol. The van der Waals surface area contributed by atoms with Crippen LogP contribution in [0.4, 0.5) is 4.39 Å². The van der Waals surface area contributed by atoms with Crippen molar-refractivity contribution >= 4 is 22.7 Å². The molecule has 0 aliphatic carbocycles. The van der Waals surface area contributed by atoms with Gasteiger partial charge >= 0.3 is 5.97 Å². The Hall–Kier alpha value is -2.95. The van der Waals surface area contributed by atoms with Gasteiger partial charge in [0.25, 0.3) is 0 Å². The average molecular weight is 326 g/mol. The molecule has 3 aromatic rings. The third-order valence-electron chi connectivity index (χ3n) is 3.90. The summed E-state index contributed by atoms with van der Waals surface area (Å²) in [4.78, 5) is 24.0. The zero-order valence-electron chi connectivity index (χ0n) is 13.3. The normalized spacial score (nSPS) is 10.8. The molecule has 2 aromatic carbocycles. The number of furan rings is 1. The highest BCUT2D eigenvalue weighted by Gasteiger charge is 2.18. The van der Waals surface area contributed by atoms with Crippen LogP contribution in [0.5, 0.6) is 0 Å². The predicted octanol–water partition coefficient (Wildman–Crippen LogP) is 4.09. The fraction of sp³-hybridized carbons (Fsp3) is 0.158. The molecule has 5 heteroatoms. The largest absolute Gasteiger partial charge is 0.463 e. The van der Waals surface area contributed by atoms with Crippen LogP contribution >= 0.6 is 0 Å². The van der Waals surface area contributed by atoms with Crippen LogP contribution in [0.25, 0.3) is 11.0 Å². The first-order valence-electron chi connectivity index (χ1n) is 7.38. The van der Waals surface area contributed by atoms with Gasteiger partial charge in [0.2, 0.25) is 5.76 Å². The lowest BCUT2D eigenvalue weighted by atomic mass is 10.0. The van der Waals surface area contributed by atoms with Crippen LogP contribution in [0.2, 0.25) is 0 Å². The standard InChI is InChI=1S/C19H15FO4/c1-11-15-9-12(3-8-17(15)24-18(11)19(22)23-2)10-16(21)13-4-6-14(20)7-5-13/h3-9H,10H2,1-2H3. The van der Waals surface area contributed by atoms with Crippen molar-refractivity contribution in [1.82, 2.24) is 0 Å². The van der Waals surface area contributed by atoms with Crippen molar-refractivity contribution in [2.24, 2.45) is 0 Å². The first kappa shape index (κ1) is 15.9. The van der Waals surface area contributed by atoms with Gasteiger partial charge < -0.3 is 9.15 Å². The van der Waals surface area contributed by atoms with E-state index < -0.39 is 5.97 Å². The number of esters is 1. The Labute approximate surface area is 137 Å². The van der Waals surface area contributed by atoms with Gasteiger partial charge in [0.1, 0.15) is 11.4 Å². The number of fused-ring (bicyclic) bond motifs is 1. The van der Waals surface area contributed by atoms with E-state index in [0.717, 1.165) is 10.9 Å². The Morgan fingerprint density at radius 2 is 1.83 bits per heavy atom. The highest BCUT2D eigenvalue weighted by atomic mass is 19.1. The molecule has 0 amide bonds. The molecule has 0 radical (unpaired) electrons. The number of Topliss-reactive ketones (excluding diaryl/α,β-unsaturated/α-hetero) is 1. The quantitative estimate of drug-likeness (QED) is 0.535. The number of rotatable bonds is 4. The van der Waals surface area contributed by atoms with Gasteiger partial charge in [0.15, 0.2) is 5.78 Å². The second-order valence-corrected chi connectivity index (χ2v) is 5.49. The zero-order chi connectivity index (χ0) is 17.3. The van der Waals surface area contributed by atoms with E-state index in [1.807, 2.05) is 6.07 Å². The number of carbonyl (C=O) groups is 2. The molecule has 0 N–H and O–H groups in total. The monoisotopic (exact) mass is 326 g/mol. The first-order chi connectivity index (χ1) is 11.5. The van der Waals surface area contributed by atoms with Crippen molar-refractivity contribution in [3.05, 3.63) is 70.7 Å². The number of halogens is 1. The molecule has 0 saturated carbocycles. The Morgan fingerprint density at radius 3 is 2.50 bits per heavy atom. The van der Waals surface area contributed by atoms with Crippen molar-refractivity contribution in [3.8, 4) is 0 Å². The fourth-order valence-corrected chi connectivity index (χ4v) is 2.59. The van der Waals surface area contributed by atoms with Gasteiger partial charge in [0, 0.05) is 22.9 Å². The van der Waals surface area contributed by atoms with E-state index in [1.165, 1.54) is 31.4 Å². The maximum Gasteiger partial charge on any atom is 0.374 e. The molecule has 0 atom stereocenters. The third kappa shape index (κ3) is 2.93. The van der Waals surface area contributed by atoms with Crippen LogP contribution in [-0.2, 0) is 11.2 Å². The van der Waals surface area contributed by atoms with E-state index in [0.29, 0.717) is 16.7 Å². The van der Waals surface area contributed by atoms with Crippen LogP contribution in [0.15, 0.2) is 46.9 Å². The van der Waals surface area contributed by atoms with Crippen LogP contribution in [0.1, 0.15) is 32.0 Å². The van der Waals surface area contributed by atoms with Crippen LogP contribution in [0.3, 0.4) is 0 Å². The fourth-order valence-electron chi connectivity index (χ4n) is 2.59. The minimum atomic E-state index is -0.535. The number of methoxy groups -OCH3 is 1. The number of ether oxygens (including phenoxy) is 1. The summed E-state index contributed by atoms with van der Waals surface area (Å²) in [6.07, 6.45) is 0.180. The molecule has 0 saturated heterocycles. The Morgan fingerprint density at radius 1 is 1.12 bits per heavy atom. The Kier molecular flexibility index (Phi) is 4.16. The number of hydrogen-bond acceptors (Lipinski definition) is 4. The molecule has 0 unspecified atom stereocenters. The highest BCUT2D eigenvalue weighted by molar-refractivity contribution is 5.99. The molecule has 0 fully saturated rings. The van der Waals surface area contributed by atoms with Gasteiger partial charge in [-0.3, -0.25) is 4.79 Å². The molecule has 0 spiro atoms.